The highest BCUT2D eigenvalue weighted by Gasteiger charge is 1.91. The highest BCUT2D eigenvalue weighted by molar-refractivity contribution is 7.80. The van der Waals surface area contributed by atoms with Gasteiger partial charge in [0.05, 0.1) is 0 Å². The van der Waals surface area contributed by atoms with Gasteiger partial charge in [-0.3, -0.25) is 5.01 Å². The van der Waals surface area contributed by atoms with E-state index in [1.165, 1.54) is 5.01 Å². The summed E-state index contributed by atoms with van der Waals surface area (Å²) in [5.74, 6) is 5.25. The van der Waals surface area contributed by atoms with Gasteiger partial charge in [0.1, 0.15) is 0 Å². The molecule has 0 aromatic rings. The maximum atomic E-state index is 5.25. The molecule has 0 spiro atoms. The zero-order valence-corrected chi connectivity index (χ0v) is 5.96. The van der Waals surface area contributed by atoms with Crippen molar-refractivity contribution in [3.63, 3.8) is 0 Å². The molecule has 0 bridgehead atoms. The van der Waals surface area contributed by atoms with E-state index >= 15 is 0 Å². The maximum Gasteiger partial charge on any atom is 0.182 e. The van der Waals surface area contributed by atoms with Crippen molar-refractivity contribution in [2.75, 3.05) is 13.6 Å². The van der Waals surface area contributed by atoms with Crippen LogP contribution in [0.2, 0.25) is 0 Å². The van der Waals surface area contributed by atoms with Crippen molar-refractivity contribution in [1.82, 2.24) is 10.3 Å². The van der Waals surface area contributed by atoms with Crippen molar-refractivity contribution in [2.24, 2.45) is 5.84 Å². The van der Waals surface area contributed by atoms with Gasteiger partial charge in [-0.1, -0.05) is 0 Å². The monoisotopic (exact) mass is 133 g/mol. The number of nitrogens with one attached hydrogen (secondary N) is 1. The third kappa shape index (κ3) is 2.76. The minimum Gasteiger partial charge on any atom is -0.362 e. The van der Waals surface area contributed by atoms with Crippen molar-refractivity contribution < 1.29 is 0 Å². The standard InChI is InChI=1S/C4H11N3S/c1-3-6-4(8)7(2)5/h3,5H2,1-2H3,(H,6,8). The largest absolute Gasteiger partial charge is 0.362 e. The first-order valence-electron chi connectivity index (χ1n) is 2.44. The summed E-state index contributed by atoms with van der Waals surface area (Å²) in [7, 11) is 1.70. The Hall–Kier alpha value is -0.350. The molecule has 4 heteroatoms. The maximum absolute atomic E-state index is 5.25. The molecule has 0 atom stereocenters. The summed E-state index contributed by atoms with van der Waals surface area (Å²) in [4.78, 5) is 0. The minimum atomic E-state index is 0.576. The van der Waals surface area contributed by atoms with Crippen LogP contribution in [0.1, 0.15) is 6.92 Å². The van der Waals surface area contributed by atoms with Gasteiger partial charge < -0.3 is 5.32 Å². The minimum absolute atomic E-state index is 0.576. The van der Waals surface area contributed by atoms with E-state index < -0.39 is 0 Å². The summed E-state index contributed by atoms with van der Waals surface area (Å²) in [6.07, 6.45) is 0. The van der Waals surface area contributed by atoms with Gasteiger partial charge in [-0.15, -0.1) is 0 Å². The second-order valence-corrected chi connectivity index (χ2v) is 1.83. The van der Waals surface area contributed by atoms with Gasteiger partial charge in [0, 0.05) is 13.6 Å². The topological polar surface area (TPSA) is 41.3 Å². The lowest BCUT2D eigenvalue weighted by molar-refractivity contribution is 0.527. The number of thiocarbonyl (C=S) groups is 1. The summed E-state index contributed by atoms with van der Waals surface area (Å²) in [6.45, 7) is 2.79. The first kappa shape index (κ1) is 7.65. The van der Waals surface area contributed by atoms with E-state index in [-0.39, 0.29) is 0 Å². The fourth-order valence-corrected chi connectivity index (χ4v) is 0.420. The average molecular weight is 133 g/mol. The molecule has 0 aromatic heterocycles. The Balaban J connectivity index is 3.33. The molecule has 0 aliphatic rings. The Bertz CT molecular complexity index is 81.4. The number of hydrogen-bond acceptors (Lipinski definition) is 2. The first-order chi connectivity index (χ1) is 3.68. The first-order valence-corrected chi connectivity index (χ1v) is 2.85. The summed E-state index contributed by atoms with van der Waals surface area (Å²) in [5.41, 5.74) is 0. The van der Waals surface area contributed by atoms with Crippen LogP contribution in [0, 0.1) is 0 Å². The average Bonchev–Trinajstić information content (AvgIpc) is 1.67. The van der Waals surface area contributed by atoms with E-state index in [1.807, 2.05) is 6.92 Å². The van der Waals surface area contributed by atoms with Gasteiger partial charge in [-0.25, -0.2) is 5.84 Å². The van der Waals surface area contributed by atoms with Gasteiger partial charge in [0.15, 0.2) is 5.11 Å². The van der Waals surface area contributed by atoms with E-state index in [1.54, 1.807) is 7.05 Å². The van der Waals surface area contributed by atoms with Crippen molar-refractivity contribution in [1.29, 1.82) is 0 Å². The van der Waals surface area contributed by atoms with Crippen molar-refractivity contribution in [3.05, 3.63) is 0 Å². The molecule has 0 unspecified atom stereocenters. The number of hydrazine groups is 1. The molecule has 0 saturated heterocycles. The van der Waals surface area contributed by atoms with Crippen LogP contribution in [0.15, 0.2) is 0 Å². The van der Waals surface area contributed by atoms with E-state index in [0.29, 0.717) is 5.11 Å². The fraction of sp³-hybridized carbons (Fsp3) is 0.750. The SMILES string of the molecule is CCNC(=S)N(C)N. The molecule has 0 amide bonds. The Kier molecular flexibility index (Phi) is 3.47. The number of nitrogens with two attached hydrogens (primary N) is 1. The quantitative estimate of drug-likeness (QED) is 0.292. The lowest BCUT2D eigenvalue weighted by Gasteiger charge is -2.12. The lowest BCUT2D eigenvalue weighted by Crippen LogP contribution is -2.41. The Morgan fingerprint density at radius 2 is 2.38 bits per heavy atom. The van der Waals surface area contributed by atoms with Crippen LogP contribution in [0.25, 0.3) is 0 Å². The van der Waals surface area contributed by atoms with Crippen LogP contribution in [-0.4, -0.2) is 23.7 Å². The smallest absolute Gasteiger partial charge is 0.182 e. The van der Waals surface area contributed by atoms with Crippen LogP contribution < -0.4 is 11.2 Å². The molecule has 0 fully saturated rings. The van der Waals surface area contributed by atoms with Gasteiger partial charge in [-0.05, 0) is 19.1 Å². The highest BCUT2D eigenvalue weighted by Crippen LogP contribution is 1.71. The highest BCUT2D eigenvalue weighted by atomic mass is 32.1. The van der Waals surface area contributed by atoms with Crippen LogP contribution in [0.3, 0.4) is 0 Å². The number of hydrogen-bond donors (Lipinski definition) is 2. The molecule has 0 rings (SSSR count). The van der Waals surface area contributed by atoms with Crippen molar-refractivity contribution >= 4 is 17.3 Å². The van der Waals surface area contributed by atoms with Crippen molar-refractivity contribution in [3.8, 4) is 0 Å². The van der Waals surface area contributed by atoms with Gasteiger partial charge >= 0.3 is 0 Å². The molecule has 48 valence electrons. The molecule has 0 aliphatic heterocycles. The summed E-state index contributed by atoms with van der Waals surface area (Å²) in [5, 5.41) is 4.83. The third-order valence-electron chi connectivity index (χ3n) is 0.648. The van der Waals surface area contributed by atoms with E-state index in [9.17, 15) is 0 Å². The molecular formula is C4H11N3S. The molecule has 3 nitrogen and oxygen atoms in total. The molecule has 0 aromatic carbocycles. The van der Waals surface area contributed by atoms with Crippen LogP contribution >= 0.6 is 12.2 Å². The normalized spacial score (nSPS) is 8.38. The van der Waals surface area contributed by atoms with Crippen LogP contribution in [0.4, 0.5) is 0 Å². The molecule has 0 radical (unpaired) electrons. The molecular weight excluding hydrogens is 122 g/mol. The predicted molar refractivity (Wildman–Crippen MR) is 38.2 cm³/mol. The summed E-state index contributed by atoms with van der Waals surface area (Å²) < 4.78 is 0. The molecule has 0 aliphatic carbocycles. The number of nitrogens with zero attached hydrogens (tertiary/aromatic N) is 1. The molecule has 0 saturated carbocycles. The second-order valence-electron chi connectivity index (χ2n) is 1.45. The number of rotatable bonds is 1. The van der Waals surface area contributed by atoms with E-state index in [4.69, 9.17) is 18.1 Å². The predicted octanol–water partition coefficient (Wildman–Crippen LogP) is -0.314. The Labute approximate surface area is 54.8 Å². The van der Waals surface area contributed by atoms with Crippen LogP contribution in [0.5, 0.6) is 0 Å². The van der Waals surface area contributed by atoms with Gasteiger partial charge in [0.2, 0.25) is 0 Å². The lowest BCUT2D eigenvalue weighted by atomic mass is 10.7. The third-order valence-corrected chi connectivity index (χ3v) is 1.08. The van der Waals surface area contributed by atoms with Crippen molar-refractivity contribution in [2.45, 2.75) is 6.92 Å². The molecule has 8 heavy (non-hydrogen) atoms. The van der Waals surface area contributed by atoms with Gasteiger partial charge in [0.25, 0.3) is 0 Å². The zero-order valence-electron chi connectivity index (χ0n) is 5.14. The Morgan fingerprint density at radius 3 is 2.50 bits per heavy atom. The zero-order chi connectivity index (χ0) is 6.57. The Morgan fingerprint density at radius 1 is 1.88 bits per heavy atom. The fourth-order valence-electron chi connectivity index (χ4n) is 0.276. The summed E-state index contributed by atoms with van der Waals surface area (Å²) in [6, 6.07) is 0. The van der Waals surface area contributed by atoms with Crippen LogP contribution in [-0.2, 0) is 0 Å². The van der Waals surface area contributed by atoms with E-state index in [0.717, 1.165) is 6.54 Å². The van der Waals surface area contributed by atoms with E-state index in [2.05, 4.69) is 5.32 Å². The second kappa shape index (κ2) is 3.63. The molecule has 3 N–H and O–H groups in total. The summed E-state index contributed by atoms with van der Waals surface area (Å²) >= 11 is 4.77. The molecule has 0 heterocycles. The van der Waals surface area contributed by atoms with Gasteiger partial charge in [-0.2, -0.15) is 0 Å².